The molecule has 2 aromatic rings. The van der Waals surface area contributed by atoms with Crippen molar-refractivity contribution in [3.63, 3.8) is 0 Å². The third-order valence-corrected chi connectivity index (χ3v) is 3.33. The molecule has 1 N–H and O–H groups in total. The summed E-state index contributed by atoms with van der Waals surface area (Å²) in [4.78, 5) is 4.63. The second-order valence-electron chi connectivity index (χ2n) is 4.27. The molecule has 5 heteroatoms. The summed E-state index contributed by atoms with van der Waals surface area (Å²) in [6.45, 7) is 8.01. The van der Waals surface area contributed by atoms with Gasteiger partial charge in [0.2, 0.25) is 0 Å². The minimum Gasteiger partial charge on any atom is -0.313 e. The van der Waals surface area contributed by atoms with E-state index in [1.807, 2.05) is 24.0 Å². The minimum absolute atomic E-state index is 0.821. The van der Waals surface area contributed by atoms with E-state index in [-0.39, 0.29) is 0 Å². The summed E-state index contributed by atoms with van der Waals surface area (Å²) in [5, 5.41) is 7.71. The molecule has 0 fully saturated rings. The van der Waals surface area contributed by atoms with E-state index < -0.39 is 0 Å². The highest BCUT2D eigenvalue weighted by molar-refractivity contribution is 14.1. The number of pyridine rings is 1. The van der Waals surface area contributed by atoms with Gasteiger partial charge in [-0.15, -0.1) is 0 Å². The van der Waals surface area contributed by atoms with Crippen molar-refractivity contribution >= 4 is 22.6 Å². The fourth-order valence-electron chi connectivity index (χ4n) is 1.92. The van der Waals surface area contributed by atoms with Gasteiger partial charge in [0.05, 0.1) is 9.77 Å². The number of aryl methyl sites for hydroxylation is 2. The highest BCUT2D eigenvalue weighted by atomic mass is 127. The van der Waals surface area contributed by atoms with Gasteiger partial charge in [-0.2, -0.15) is 5.10 Å². The molecule has 0 aromatic carbocycles. The molecule has 2 heterocycles. The van der Waals surface area contributed by atoms with Gasteiger partial charge < -0.3 is 5.32 Å². The predicted octanol–water partition coefficient (Wildman–Crippen LogP) is 2.60. The van der Waals surface area contributed by atoms with Crippen molar-refractivity contribution in [2.75, 3.05) is 6.54 Å². The van der Waals surface area contributed by atoms with Crippen LogP contribution in [-0.4, -0.2) is 21.3 Å². The standard InChI is InChI=1S/C13H17IN4/c1-4-15-7-12-9(2)5-10(3)17-13(12)18-8-11(14)6-16-18/h5-6,8,15H,4,7H2,1-3H3. The fourth-order valence-corrected chi connectivity index (χ4v) is 2.31. The first kappa shape index (κ1) is 13.5. The van der Waals surface area contributed by atoms with Crippen LogP contribution in [0, 0.1) is 17.4 Å². The number of halogens is 1. The van der Waals surface area contributed by atoms with E-state index in [0.717, 1.165) is 28.2 Å². The number of rotatable bonds is 4. The maximum absolute atomic E-state index is 4.63. The van der Waals surface area contributed by atoms with E-state index in [2.05, 4.69) is 57.9 Å². The monoisotopic (exact) mass is 356 g/mol. The molecule has 0 saturated heterocycles. The molecule has 2 rings (SSSR count). The molecule has 2 aromatic heterocycles. The zero-order chi connectivity index (χ0) is 13.1. The Morgan fingerprint density at radius 1 is 1.39 bits per heavy atom. The molecule has 96 valence electrons. The van der Waals surface area contributed by atoms with Crippen LogP contribution in [0.25, 0.3) is 5.82 Å². The Kier molecular flexibility index (Phi) is 4.34. The van der Waals surface area contributed by atoms with Gasteiger partial charge in [-0.25, -0.2) is 9.67 Å². The fraction of sp³-hybridized carbons (Fsp3) is 0.385. The summed E-state index contributed by atoms with van der Waals surface area (Å²) in [5.74, 6) is 0.927. The molecule has 4 nitrogen and oxygen atoms in total. The zero-order valence-corrected chi connectivity index (χ0v) is 13.0. The first-order valence-electron chi connectivity index (χ1n) is 6.00. The average molecular weight is 356 g/mol. The Hall–Kier alpha value is -0.950. The molecular formula is C13H17IN4. The summed E-state index contributed by atoms with van der Waals surface area (Å²) in [6, 6.07) is 2.12. The van der Waals surface area contributed by atoms with Crippen molar-refractivity contribution in [3.05, 3.63) is 38.9 Å². The number of hydrogen-bond acceptors (Lipinski definition) is 3. The van der Waals surface area contributed by atoms with Gasteiger partial charge in [-0.1, -0.05) is 6.92 Å². The molecular weight excluding hydrogens is 339 g/mol. The molecule has 0 unspecified atom stereocenters. The highest BCUT2D eigenvalue weighted by Gasteiger charge is 2.11. The summed E-state index contributed by atoms with van der Waals surface area (Å²) < 4.78 is 2.97. The van der Waals surface area contributed by atoms with E-state index in [1.54, 1.807) is 0 Å². The van der Waals surface area contributed by atoms with Crippen LogP contribution in [0.2, 0.25) is 0 Å². The van der Waals surface area contributed by atoms with Crippen molar-refractivity contribution in [3.8, 4) is 5.82 Å². The van der Waals surface area contributed by atoms with E-state index in [1.165, 1.54) is 11.1 Å². The summed E-state index contributed by atoms with van der Waals surface area (Å²) in [7, 11) is 0. The average Bonchev–Trinajstić information content (AvgIpc) is 2.74. The molecule has 18 heavy (non-hydrogen) atoms. The summed E-state index contributed by atoms with van der Waals surface area (Å²) >= 11 is 2.26. The number of aromatic nitrogens is 3. The van der Waals surface area contributed by atoms with Gasteiger partial charge in [0, 0.05) is 24.0 Å². The first-order valence-corrected chi connectivity index (χ1v) is 7.08. The van der Waals surface area contributed by atoms with Crippen LogP contribution in [0.15, 0.2) is 18.5 Å². The Bertz CT molecular complexity index is 548. The Morgan fingerprint density at radius 3 is 2.78 bits per heavy atom. The second kappa shape index (κ2) is 5.79. The van der Waals surface area contributed by atoms with Crippen molar-refractivity contribution in [2.24, 2.45) is 0 Å². The third-order valence-electron chi connectivity index (χ3n) is 2.77. The van der Waals surface area contributed by atoms with E-state index >= 15 is 0 Å². The molecule has 0 radical (unpaired) electrons. The third kappa shape index (κ3) is 2.89. The lowest BCUT2D eigenvalue weighted by Gasteiger charge is -2.13. The molecule has 0 aliphatic carbocycles. The lowest BCUT2D eigenvalue weighted by Crippen LogP contribution is -2.16. The van der Waals surface area contributed by atoms with Crippen LogP contribution in [0.1, 0.15) is 23.7 Å². The van der Waals surface area contributed by atoms with E-state index in [4.69, 9.17) is 0 Å². The molecule has 0 aliphatic heterocycles. The van der Waals surface area contributed by atoms with Crippen molar-refractivity contribution < 1.29 is 0 Å². The van der Waals surface area contributed by atoms with Crippen LogP contribution < -0.4 is 5.32 Å². The number of nitrogens with one attached hydrogen (secondary N) is 1. The van der Waals surface area contributed by atoms with Crippen LogP contribution in [0.5, 0.6) is 0 Å². The van der Waals surface area contributed by atoms with Crippen molar-refractivity contribution in [1.82, 2.24) is 20.1 Å². The lowest BCUT2D eigenvalue weighted by atomic mass is 10.1. The minimum atomic E-state index is 0.821. The normalized spacial score (nSPS) is 10.9. The molecule has 0 amide bonds. The SMILES string of the molecule is CCNCc1c(C)cc(C)nc1-n1cc(I)cn1. The van der Waals surface area contributed by atoms with Crippen LogP contribution >= 0.6 is 22.6 Å². The van der Waals surface area contributed by atoms with Gasteiger partial charge in [-0.05, 0) is 54.6 Å². The maximum atomic E-state index is 4.63. The Balaban J connectivity index is 2.49. The molecule has 0 aliphatic rings. The summed E-state index contributed by atoms with van der Waals surface area (Å²) in [6.07, 6.45) is 3.84. The van der Waals surface area contributed by atoms with Crippen LogP contribution in [0.4, 0.5) is 0 Å². The van der Waals surface area contributed by atoms with Gasteiger partial charge >= 0.3 is 0 Å². The molecule has 0 saturated carbocycles. The van der Waals surface area contributed by atoms with E-state index in [9.17, 15) is 0 Å². The topological polar surface area (TPSA) is 42.7 Å². The smallest absolute Gasteiger partial charge is 0.158 e. The van der Waals surface area contributed by atoms with Crippen LogP contribution in [0.3, 0.4) is 0 Å². The lowest BCUT2D eigenvalue weighted by molar-refractivity contribution is 0.704. The van der Waals surface area contributed by atoms with Gasteiger partial charge in [0.15, 0.2) is 5.82 Å². The largest absolute Gasteiger partial charge is 0.313 e. The molecule has 0 bridgehead atoms. The van der Waals surface area contributed by atoms with Gasteiger partial charge in [0.1, 0.15) is 0 Å². The second-order valence-corrected chi connectivity index (χ2v) is 5.51. The number of nitrogens with zero attached hydrogens (tertiary/aromatic N) is 3. The summed E-state index contributed by atoms with van der Waals surface area (Å²) in [5.41, 5.74) is 3.49. The van der Waals surface area contributed by atoms with Crippen molar-refractivity contribution in [2.45, 2.75) is 27.3 Å². The first-order chi connectivity index (χ1) is 8.61. The zero-order valence-electron chi connectivity index (χ0n) is 10.9. The molecule has 0 atom stereocenters. The number of hydrogen-bond donors (Lipinski definition) is 1. The Labute approximate surface area is 121 Å². The van der Waals surface area contributed by atoms with Crippen LogP contribution in [-0.2, 0) is 6.54 Å². The van der Waals surface area contributed by atoms with Gasteiger partial charge in [-0.3, -0.25) is 0 Å². The Morgan fingerprint density at radius 2 is 2.17 bits per heavy atom. The maximum Gasteiger partial charge on any atom is 0.158 e. The predicted molar refractivity (Wildman–Crippen MR) is 80.9 cm³/mol. The van der Waals surface area contributed by atoms with E-state index in [0.29, 0.717) is 0 Å². The quantitative estimate of drug-likeness (QED) is 0.857. The van der Waals surface area contributed by atoms with Crippen molar-refractivity contribution in [1.29, 1.82) is 0 Å². The highest BCUT2D eigenvalue weighted by Crippen LogP contribution is 2.18. The van der Waals surface area contributed by atoms with Gasteiger partial charge in [0.25, 0.3) is 0 Å². The molecule has 0 spiro atoms.